The zero-order valence-corrected chi connectivity index (χ0v) is 9.87. The van der Waals surface area contributed by atoms with Gasteiger partial charge >= 0.3 is 11.7 Å². The summed E-state index contributed by atoms with van der Waals surface area (Å²) in [6.45, 7) is 2.34. The number of aliphatic carboxylic acids is 1. The molecule has 0 aromatic carbocycles. The predicted molar refractivity (Wildman–Crippen MR) is 59.7 cm³/mol. The van der Waals surface area contributed by atoms with Gasteiger partial charge < -0.3 is 10.4 Å². The SMILES string of the molecule is CCn1c(SCC(NC)C(=O)O)n[nH]c1=O. The highest BCUT2D eigenvalue weighted by Crippen LogP contribution is 2.14. The highest BCUT2D eigenvalue weighted by molar-refractivity contribution is 7.99. The van der Waals surface area contributed by atoms with E-state index in [9.17, 15) is 9.59 Å². The highest BCUT2D eigenvalue weighted by atomic mass is 32.2. The molecule has 8 heteroatoms. The first-order valence-electron chi connectivity index (χ1n) is 4.78. The van der Waals surface area contributed by atoms with Gasteiger partial charge in [0.2, 0.25) is 0 Å². The standard InChI is InChI=1S/C8H14N4O3S/c1-3-12-7(15)10-11-8(12)16-4-5(9-2)6(13)14/h5,9H,3-4H2,1-2H3,(H,10,15)(H,13,14). The van der Waals surface area contributed by atoms with Gasteiger partial charge in [-0.05, 0) is 14.0 Å². The van der Waals surface area contributed by atoms with Crippen LogP contribution in [-0.4, -0.2) is 44.7 Å². The van der Waals surface area contributed by atoms with Crippen LogP contribution in [0.15, 0.2) is 9.95 Å². The Kier molecular flexibility index (Phi) is 4.56. The summed E-state index contributed by atoms with van der Waals surface area (Å²) in [5.41, 5.74) is -0.277. The van der Waals surface area contributed by atoms with Crippen molar-refractivity contribution in [1.82, 2.24) is 20.1 Å². The summed E-state index contributed by atoms with van der Waals surface area (Å²) in [7, 11) is 1.58. The third-order valence-electron chi connectivity index (χ3n) is 2.07. The van der Waals surface area contributed by atoms with Crippen molar-refractivity contribution in [3.05, 3.63) is 10.5 Å². The van der Waals surface area contributed by atoms with Gasteiger partial charge in [-0.15, -0.1) is 5.10 Å². The molecule has 1 aromatic rings. The Morgan fingerprint density at radius 3 is 2.94 bits per heavy atom. The normalized spacial score (nSPS) is 12.6. The number of thioether (sulfide) groups is 1. The average Bonchev–Trinajstić information content (AvgIpc) is 2.59. The van der Waals surface area contributed by atoms with E-state index in [2.05, 4.69) is 15.5 Å². The van der Waals surface area contributed by atoms with E-state index >= 15 is 0 Å². The molecule has 0 bridgehead atoms. The van der Waals surface area contributed by atoms with Gasteiger partial charge in [0, 0.05) is 12.3 Å². The van der Waals surface area contributed by atoms with E-state index in [4.69, 9.17) is 5.11 Å². The zero-order chi connectivity index (χ0) is 12.1. The number of likely N-dealkylation sites (N-methyl/N-ethyl adjacent to an activating group) is 1. The summed E-state index contributed by atoms with van der Waals surface area (Å²) in [6, 6.07) is -0.651. The van der Waals surface area contributed by atoms with Crippen molar-refractivity contribution in [3.63, 3.8) is 0 Å². The molecule has 16 heavy (non-hydrogen) atoms. The Labute approximate surface area is 96.2 Å². The van der Waals surface area contributed by atoms with Crippen molar-refractivity contribution >= 4 is 17.7 Å². The van der Waals surface area contributed by atoms with Crippen LogP contribution in [0.4, 0.5) is 0 Å². The number of H-pyrrole nitrogens is 1. The lowest BCUT2D eigenvalue weighted by molar-refractivity contribution is -0.138. The Balaban J connectivity index is 2.67. The lowest BCUT2D eigenvalue weighted by Gasteiger charge is -2.09. The molecule has 1 rings (SSSR count). The molecule has 1 atom stereocenters. The average molecular weight is 246 g/mol. The second-order valence-corrected chi connectivity index (χ2v) is 4.03. The fourth-order valence-electron chi connectivity index (χ4n) is 1.13. The number of hydrogen-bond acceptors (Lipinski definition) is 5. The summed E-state index contributed by atoms with van der Waals surface area (Å²) in [5, 5.41) is 18.1. The number of carboxylic acid groups (broad SMARTS) is 1. The molecule has 0 fully saturated rings. The topological polar surface area (TPSA) is 100 Å². The molecular weight excluding hydrogens is 232 g/mol. The number of rotatable bonds is 6. The minimum atomic E-state index is -0.920. The van der Waals surface area contributed by atoms with Crippen LogP contribution >= 0.6 is 11.8 Å². The van der Waals surface area contributed by atoms with Crippen LogP contribution in [0.25, 0.3) is 0 Å². The van der Waals surface area contributed by atoms with Gasteiger partial charge in [0.15, 0.2) is 5.16 Å². The van der Waals surface area contributed by atoms with Crippen molar-refractivity contribution < 1.29 is 9.90 Å². The molecule has 0 saturated heterocycles. The van der Waals surface area contributed by atoms with Crippen molar-refractivity contribution in [1.29, 1.82) is 0 Å². The third kappa shape index (κ3) is 2.86. The monoisotopic (exact) mass is 246 g/mol. The fourth-order valence-corrected chi connectivity index (χ4v) is 2.23. The maximum absolute atomic E-state index is 11.2. The maximum atomic E-state index is 11.2. The van der Waals surface area contributed by atoms with E-state index in [-0.39, 0.29) is 5.69 Å². The summed E-state index contributed by atoms with van der Waals surface area (Å²) >= 11 is 1.23. The zero-order valence-electron chi connectivity index (χ0n) is 9.06. The van der Waals surface area contributed by atoms with E-state index < -0.39 is 12.0 Å². The van der Waals surface area contributed by atoms with Gasteiger partial charge in [-0.25, -0.2) is 9.89 Å². The maximum Gasteiger partial charge on any atom is 0.343 e. The Hall–Kier alpha value is -1.28. The number of aromatic nitrogens is 3. The van der Waals surface area contributed by atoms with E-state index in [1.165, 1.54) is 16.3 Å². The number of carboxylic acids is 1. The van der Waals surface area contributed by atoms with Crippen LogP contribution in [0.5, 0.6) is 0 Å². The summed E-state index contributed by atoms with van der Waals surface area (Å²) < 4.78 is 1.46. The van der Waals surface area contributed by atoms with Crippen LogP contribution in [0.2, 0.25) is 0 Å². The number of carbonyl (C=O) groups is 1. The summed E-state index contributed by atoms with van der Waals surface area (Å²) in [6.07, 6.45) is 0. The molecule has 0 aliphatic rings. The van der Waals surface area contributed by atoms with Gasteiger partial charge in [0.05, 0.1) is 0 Å². The second-order valence-electron chi connectivity index (χ2n) is 3.05. The van der Waals surface area contributed by atoms with Crippen LogP contribution in [0.1, 0.15) is 6.92 Å². The van der Waals surface area contributed by atoms with Crippen molar-refractivity contribution in [2.24, 2.45) is 0 Å². The molecular formula is C8H14N4O3S. The highest BCUT2D eigenvalue weighted by Gasteiger charge is 2.17. The number of aromatic amines is 1. The van der Waals surface area contributed by atoms with E-state index in [1.54, 1.807) is 7.05 Å². The van der Waals surface area contributed by atoms with Crippen LogP contribution in [-0.2, 0) is 11.3 Å². The second kappa shape index (κ2) is 5.71. The number of nitrogens with zero attached hydrogens (tertiary/aromatic N) is 2. The Morgan fingerprint density at radius 1 is 1.75 bits per heavy atom. The smallest absolute Gasteiger partial charge is 0.343 e. The van der Waals surface area contributed by atoms with E-state index in [0.29, 0.717) is 17.5 Å². The minimum absolute atomic E-state index is 0.277. The van der Waals surface area contributed by atoms with Crippen LogP contribution < -0.4 is 11.0 Å². The number of nitrogens with one attached hydrogen (secondary N) is 2. The molecule has 0 saturated carbocycles. The third-order valence-corrected chi connectivity index (χ3v) is 3.14. The molecule has 1 unspecified atom stereocenters. The predicted octanol–water partition coefficient (Wildman–Crippen LogP) is -0.644. The molecule has 3 N–H and O–H groups in total. The van der Waals surface area contributed by atoms with Gasteiger partial charge in [-0.1, -0.05) is 11.8 Å². The van der Waals surface area contributed by atoms with Crippen molar-refractivity contribution in [3.8, 4) is 0 Å². The molecule has 7 nitrogen and oxygen atoms in total. The molecule has 0 spiro atoms. The van der Waals surface area contributed by atoms with Gasteiger partial charge in [0.25, 0.3) is 0 Å². The first-order chi connectivity index (χ1) is 7.60. The van der Waals surface area contributed by atoms with E-state index in [0.717, 1.165) is 0 Å². The van der Waals surface area contributed by atoms with Gasteiger partial charge in [0.1, 0.15) is 6.04 Å². The first kappa shape index (κ1) is 12.8. The Morgan fingerprint density at radius 2 is 2.44 bits per heavy atom. The van der Waals surface area contributed by atoms with E-state index in [1.807, 2.05) is 6.92 Å². The molecule has 0 aliphatic carbocycles. The lowest BCUT2D eigenvalue weighted by Crippen LogP contribution is -2.36. The lowest BCUT2D eigenvalue weighted by atomic mass is 10.3. The minimum Gasteiger partial charge on any atom is -0.480 e. The van der Waals surface area contributed by atoms with Crippen LogP contribution in [0, 0.1) is 0 Å². The van der Waals surface area contributed by atoms with Crippen molar-refractivity contribution in [2.45, 2.75) is 24.7 Å². The number of hydrogen-bond donors (Lipinski definition) is 3. The van der Waals surface area contributed by atoms with Crippen LogP contribution in [0.3, 0.4) is 0 Å². The molecule has 0 amide bonds. The summed E-state index contributed by atoms with van der Waals surface area (Å²) in [4.78, 5) is 22.0. The molecule has 90 valence electrons. The largest absolute Gasteiger partial charge is 0.480 e. The summed E-state index contributed by atoms with van der Waals surface area (Å²) in [5.74, 6) is -0.605. The molecule has 1 aromatic heterocycles. The Bertz CT molecular complexity index is 414. The molecule has 1 heterocycles. The fraction of sp³-hybridized carbons (Fsp3) is 0.625. The molecule has 0 radical (unpaired) electrons. The van der Waals surface area contributed by atoms with Gasteiger partial charge in [-0.3, -0.25) is 9.36 Å². The van der Waals surface area contributed by atoms with Crippen molar-refractivity contribution in [2.75, 3.05) is 12.8 Å². The van der Waals surface area contributed by atoms with Gasteiger partial charge in [-0.2, -0.15) is 0 Å². The quantitative estimate of drug-likeness (QED) is 0.577. The first-order valence-corrected chi connectivity index (χ1v) is 5.76. The molecule has 0 aliphatic heterocycles.